The van der Waals surface area contributed by atoms with E-state index >= 15 is 0 Å². The Morgan fingerprint density at radius 2 is 2.33 bits per heavy atom. The number of urea groups is 1. The number of rotatable bonds is 5. The van der Waals surface area contributed by atoms with Gasteiger partial charge in [0.1, 0.15) is 12.2 Å². The first-order valence-corrected chi connectivity index (χ1v) is 9.30. The molecule has 0 radical (unpaired) electrons. The standard InChI is InChI=1S/C17H23N5OS/c1-12(2)24-10-13-4-3-5-14(8-13)20-17(23)21-15-6-7-16-18-11-19-22(16)9-15/h3-5,8,11-12,15H,6-7,9-10H2,1-2H3,(H2,20,21,23)/t15-/m0/s1. The first-order valence-electron chi connectivity index (χ1n) is 8.25. The number of nitrogens with zero attached hydrogens (tertiary/aromatic N) is 3. The van der Waals surface area contributed by atoms with Gasteiger partial charge in [0, 0.05) is 17.9 Å². The molecule has 0 spiro atoms. The van der Waals surface area contributed by atoms with Gasteiger partial charge in [-0.05, 0) is 29.4 Å². The van der Waals surface area contributed by atoms with Crippen LogP contribution in [0.1, 0.15) is 31.7 Å². The monoisotopic (exact) mass is 345 g/mol. The van der Waals surface area contributed by atoms with Gasteiger partial charge in [0.05, 0.1) is 12.6 Å². The quantitative estimate of drug-likeness (QED) is 0.874. The second kappa shape index (κ2) is 7.70. The number of hydrogen-bond donors (Lipinski definition) is 2. The van der Waals surface area contributed by atoms with Crippen LogP contribution in [-0.4, -0.2) is 32.1 Å². The van der Waals surface area contributed by atoms with Gasteiger partial charge in [-0.15, -0.1) is 0 Å². The molecular formula is C17H23N5OS. The fraction of sp³-hybridized carbons (Fsp3) is 0.471. The Morgan fingerprint density at radius 3 is 3.17 bits per heavy atom. The zero-order valence-electron chi connectivity index (χ0n) is 14.0. The molecule has 0 aliphatic carbocycles. The molecule has 0 fully saturated rings. The number of nitrogens with one attached hydrogen (secondary N) is 2. The molecule has 3 rings (SSSR count). The van der Waals surface area contributed by atoms with Gasteiger partial charge in [0.25, 0.3) is 0 Å². The molecule has 1 atom stereocenters. The summed E-state index contributed by atoms with van der Waals surface area (Å²) in [6, 6.07) is 7.93. The van der Waals surface area contributed by atoms with E-state index in [0.29, 0.717) is 11.8 Å². The predicted octanol–water partition coefficient (Wildman–Crippen LogP) is 3.06. The average Bonchev–Trinajstić information content (AvgIpc) is 3.01. The number of fused-ring (bicyclic) bond motifs is 1. The molecule has 2 heterocycles. The molecule has 2 aromatic rings. The van der Waals surface area contributed by atoms with Gasteiger partial charge in [-0.1, -0.05) is 26.0 Å². The number of carbonyl (C=O) groups is 1. The lowest BCUT2D eigenvalue weighted by Gasteiger charge is -2.23. The summed E-state index contributed by atoms with van der Waals surface area (Å²) in [6.07, 6.45) is 3.29. The lowest BCUT2D eigenvalue weighted by molar-refractivity contribution is 0.243. The Labute approximate surface area is 146 Å². The highest BCUT2D eigenvalue weighted by molar-refractivity contribution is 7.99. The molecule has 1 aliphatic rings. The fourth-order valence-corrected chi connectivity index (χ4v) is 3.42. The summed E-state index contributed by atoms with van der Waals surface area (Å²) in [6.45, 7) is 5.05. The van der Waals surface area contributed by atoms with E-state index in [-0.39, 0.29) is 12.1 Å². The van der Waals surface area contributed by atoms with E-state index in [4.69, 9.17) is 0 Å². The van der Waals surface area contributed by atoms with Gasteiger partial charge in [-0.3, -0.25) is 0 Å². The summed E-state index contributed by atoms with van der Waals surface area (Å²) in [5, 5.41) is 10.7. The van der Waals surface area contributed by atoms with Crippen LogP contribution in [0.3, 0.4) is 0 Å². The summed E-state index contributed by atoms with van der Waals surface area (Å²) in [4.78, 5) is 16.4. The minimum atomic E-state index is -0.169. The Kier molecular flexibility index (Phi) is 5.40. The Morgan fingerprint density at radius 1 is 1.46 bits per heavy atom. The third-order valence-corrected chi connectivity index (χ3v) is 5.08. The number of amides is 2. The zero-order valence-corrected chi connectivity index (χ0v) is 14.8. The van der Waals surface area contributed by atoms with Crippen molar-refractivity contribution in [2.24, 2.45) is 0 Å². The van der Waals surface area contributed by atoms with Crippen LogP contribution < -0.4 is 10.6 Å². The second-order valence-electron chi connectivity index (χ2n) is 6.25. The fourth-order valence-electron chi connectivity index (χ4n) is 2.71. The van der Waals surface area contributed by atoms with Crippen LogP contribution in [0.4, 0.5) is 10.5 Å². The molecule has 2 amide bonds. The molecule has 6 nitrogen and oxygen atoms in total. The normalized spacial score (nSPS) is 16.7. The number of thioether (sulfide) groups is 1. The molecule has 24 heavy (non-hydrogen) atoms. The molecule has 1 aliphatic heterocycles. The maximum atomic E-state index is 12.2. The smallest absolute Gasteiger partial charge is 0.319 e. The van der Waals surface area contributed by atoms with Gasteiger partial charge in [-0.25, -0.2) is 14.5 Å². The van der Waals surface area contributed by atoms with Crippen molar-refractivity contribution < 1.29 is 4.79 Å². The number of hydrogen-bond acceptors (Lipinski definition) is 4. The average molecular weight is 345 g/mol. The van der Waals surface area contributed by atoms with Crippen LogP contribution >= 0.6 is 11.8 Å². The highest BCUT2D eigenvalue weighted by atomic mass is 32.2. The number of carbonyl (C=O) groups excluding carboxylic acids is 1. The maximum absolute atomic E-state index is 12.2. The van der Waals surface area contributed by atoms with Crippen molar-refractivity contribution in [3.05, 3.63) is 42.0 Å². The topological polar surface area (TPSA) is 71.8 Å². The van der Waals surface area contributed by atoms with Crippen molar-refractivity contribution in [2.45, 2.75) is 50.3 Å². The molecule has 1 aromatic carbocycles. The van der Waals surface area contributed by atoms with Crippen LogP contribution in [0.15, 0.2) is 30.6 Å². The van der Waals surface area contributed by atoms with Crippen molar-refractivity contribution in [2.75, 3.05) is 5.32 Å². The SMILES string of the molecule is CC(C)SCc1cccc(NC(=O)N[C@H]2CCc3ncnn3C2)c1. The number of benzene rings is 1. The molecule has 128 valence electrons. The number of aromatic nitrogens is 3. The van der Waals surface area contributed by atoms with Crippen LogP contribution in [0.5, 0.6) is 0 Å². The molecule has 1 aromatic heterocycles. The zero-order chi connectivity index (χ0) is 16.9. The number of anilines is 1. The van der Waals surface area contributed by atoms with E-state index in [2.05, 4.69) is 40.6 Å². The van der Waals surface area contributed by atoms with Gasteiger partial charge in [0.2, 0.25) is 0 Å². The molecule has 7 heteroatoms. The molecule has 0 bridgehead atoms. The van der Waals surface area contributed by atoms with Crippen molar-refractivity contribution in [1.29, 1.82) is 0 Å². The van der Waals surface area contributed by atoms with Gasteiger partial charge in [-0.2, -0.15) is 16.9 Å². The first kappa shape index (κ1) is 16.8. The molecule has 0 saturated carbocycles. The molecular weight excluding hydrogens is 322 g/mol. The predicted molar refractivity (Wildman–Crippen MR) is 97.2 cm³/mol. The first-order chi connectivity index (χ1) is 11.6. The van der Waals surface area contributed by atoms with E-state index in [1.807, 2.05) is 34.6 Å². The van der Waals surface area contributed by atoms with Crippen LogP contribution in [-0.2, 0) is 18.7 Å². The lowest BCUT2D eigenvalue weighted by Crippen LogP contribution is -2.43. The minimum absolute atomic E-state index is 0.0823. The van der Waals surface area contributed by atoms with Crippen LogP contribution in [0.2, 0.25) is 0 Å². The Balaban J connectivity index is 1.53. The van der Waals surface area contributed by atoms with Crippen molar-refractivity contribution in [1.82, 2.24) is 20.1 Å². The molecule has 2 N–H and O–H groups in total. The van der Waals surface area contributed by atoms with Crippen molar-refractivity contribution in [3.8, 4) is 0 Å². The summed E-state index contributed by atoms with van der Waals surface area (Å²) in [5.74, 6) is 1.94. The Bertz CT molecular complexity index is 700. The summed E-state index contributed by atoms with van der Waals surface area (Å²) < 4.78 is 1.86. The van der Waals surface area contributed by atoms with E-state index < -0.39 is 0 Å². The lowest BCUT2D eigenvalue weighted by atomic mass is 10.1. The van der Waals surface area contributed by atoms with E-state index in [9.17, 15) is 4.79 Å². The maximum Gasteiger partial charge on any atom is 0.319 e. The van der Waals surface area contributed by atoms with Crippen molar-refractivity contribution >= 4 is 23.5 Å². The largest absolute Gasteiger partial charge is 0.333 e. The Hall–Kier alpha value is -2.02. The van der Waals surface area contributed by atoms with Gasteiger partial charge in [0.15, 0.2) is 0 Å². The van der Waals surface area contributed by atoms with E-state index in [0.717, 1.165) is 30.1 Å². The number of aryl methyl sites for hydroxylation is 1. The van der Waals surface area contributed by atoms with Crippen molar-refractivity contribution in [3.63, 3.8) is 0 Å². The third kappa shape index (κ3) is 4.50. The minimum Gasteiger partial charge on any atom is -0.333 e. The van der Waals surface area contributed by atoms with Gasteiger partial charge < -0.3 is 10.6 Å². The summed E-state index contributed by atoms with van der Waals surface area (Å²) >= 11 is 1.89. The summed E-state index contributed by atoms with van der Waals surface area (Å²) in [7, 11) is 0. The summed E-state index contributed by atoms with van der Waals surface area (Å²) in [5.41, 5.74) is 2.04. The van der Waals surface area contributed by atoms with Gasteiger partial charge >= 0.3 is 6.03 Å². The highest BCUT2D eigenvalue weighted by Crippen LogP contribution is 2.20. The second-order valence-corrected chi connectivity index (χ2v) is 7.82. The van der Waals surface area contributed by atoms with E-state index in [1.165, 1.54) is 5.56 Å². The van der Waals surface area contributed by atoms with E-state index in [1.54, 1.807) is 6.33 Å². The van der Waals surface area contributed by atoms with Crippen LogP contribution in [0.25, 0.3) is 0 Å². The third-order valence-electron chi connectivity index (χ3n) is 3.91. The molecule has 0 unspecified atom stereocenters. The van der Waals surface area contributed by atoms with Crippen LogP contribution in [0, 0.1) is 0 Å². The highest BCUT2D eigenvalue weighted by Gasteiger charge is 2.21. The molecule has 0 saturated heterocycles.